The van der Waals surface area contributed by atoms with Crippen molar-refractivity contribution >= 4 is 5.69 Å². The van der Waals surface area contributed by atoms with Gasteiger partial charge in [-0.2, -0.15) is 0 Å². The molecule has 0 radical (unpaired) electrons. The van der Waals surface area contributed by atoms with E-state index in [0.717, 1.165) is 31.8 Å². The molecule has 2 rings (SSSR count). The van der Waals surface area contributed by atoms with Crippen LogP contribution in [0.25, 0.3) is 0 Å². The molecule has 21 heavy (non-hydrogen) atoms. The van der Waals surface area contributed by atoms with Gasteiger partial charge in [0, 0.05) is 25.8 Å². The molecule has 0 saturated heterocycles. The summed E-state index contributed by atoms with van der Waals surface area (Å²) in [7, 11) is 3.84. The quantitative estimate of drug-likeness (QED) is 0.753. The second-order valence-corrected chi connectivity index (χ2v) is 5.14. The average Bonchev–Trinajstić information content (AvgIpc) is 2.55. The Kier molecular flexibility index (Phi) is 6.10. The molecule has 0 aliphatic heterocycles. The summed E-state index contributed by atoms with van der Waals surface area (Å²) in [4.78, 5) is 2.28. The molecule has 0 aliphatic carbocycles. The highest BCUT2D eigenvalue weighted by atomic mass is 16.5. The maximum absolute atomic E-state index is 5.23. The van der Waals surface area contributed by atoms with E-state index < -0.39 is 0 Å². The molecule has 3 nitrogen and oxygen atoms in total. The van der Waals surface area contributed by atoms with Crippen LogP contribution in [0.2, 0.25) is 0 Å². The van der Waals surface area contributed by atoms with Crippen LogP contribution >= 0.6 is 0 Å². The highest BCUT2D eigenvalue weighted by molar-refractivity contribution is 5.44. The van der Waals surface area contributed by atoms with Crippen LogP contribution in [0.3, 0.4) is 0 Å². The normalized spacial score (nSPS) is 10.4. The number of nitrogens with one attached hydrogen (secondary N) is 1. The molecule has 0 saturated carbocycles. The van der Waals surface area contributed by atoms with Crippen molar-refractivity contribution in [2.24, 2.45) is 0 Å². The second kappa shape index (κ2) is 8.32. The number of methoxy groups -OCH3 is 1. The van der Waals surface area contributed by atoms with Crippen molar-refractivity contribution in [3.05, 3.63) is 60.2 Å². The van der Waals surface area contributed by atoms with E-state index in [1.807, 2.05) is 18.2 Å². The molecular weight excluding hydrogens is 260 g/mol. The zero-order valence-electron chi connectivity index (χ0n) is 12.9. The lowest BCUT2D eigenvalue weighted by Crippen LogP contribution is -2.23. The number of hydrogen-bond donors (Lipinski definition) is 1. The third kappa shape index (κ3) is 5.12. The topological polar surface area (TPSA) is 24.5 Å². The van der Waals surface area contributed by atoms with Crippen LogP contribution in [0.5, 0.6) is 5.75 Å². The van der Waals surface area contributed by atoms with Crippen LogP contribution in [0.1, 0.15) is 12.0 Å². The zero-order chi connectivity index (χ0) is 14.9. The number of benzene rings is 2. The first kappa shape index (κ1) is 15.4. The van der Waals surface area contributed by atoms with Gasteiger partial charge in [0.2, 0.25) is 0 Å². The minimum atomic E-state index is 0.881. The fourth-order valence-electron chi connectivity index (χ4n) is 2.27. The minimum Gasteiger partial charge on any atom is -0.497 e. The van der Waals surface area contributed by atoms with E-state index >= 15 is 0 Å². The van der Waals surface area contributed by atoms with Gasteiger partial charge >= 0.3 is 0 Å². The summed E-state index contributed by atoms with van der Waals surface area (Å²) in [5, 5.41) is 3.48. The number of nitrogens with zero attached hydrogens (tertiary/aromatic N) is 1. The standard InChI is InChI=1S/C18H24N2O/c1-20(17-9-4-3-5-10-17)13-7-12-19-15-16-8-6-11-18(14-16)21-2/h3-6,8-11,14,19H,7,12-13,15H2,1-2H3. The van der Waals surface area contributed by atoms with E-state index in [1.165, 1.54) is 11.3 Å². The fraction of sp³-hybridized carbons (Fsp3) is 0.333. The fourth-order valence-corrected chi connectivity index (χ4v) is 2.27. The average molecular weight is 284 g/mol. The summed E-state index contributed by atoms with van der Waals surface area (Å²) in [6.45, 7) is 2.94. The molecule has 1 N–H and O–H groups in total. The number of anilines is 1. The Bertz CT molecular complexity index is 528. The van der Waals surface area contributed by atoms with E-state index in [9.17, 15) is 0 Å². The highest BCUT2D eigenvalue weighted by Crippen LogP contribution is 2.12. The van der Waals surface area contributed by atoms with Gasteiger partial charge in [-0.25, -0.2) is 0 Å². The number of hydrogen-bond acceptors (Lipinski definition) is 3. The first-order valence-corrected chi connectivity index (χ1v) is 7.39. The molecule has 3 heteroatoms. The van der Waals surface area contributed by atoms with Crippen LogP contribution < -0.4 is 15.0 Å². The Hall–Kier alpha value is -2.00. The van der Waals surface area contributed by atoms with Crippen LogP contribution in [0, 0.1) is 0 Å². The third-order valence-electron chi connectivity index (χ3n) is 3.51. The molecule has 0 amide bonds. The summed E-state index contributed by atoms with van der Waals surface area (Å²) in [6, 6.07) is 18.7. The molecule has 0 bridgehead atoms. The Labute approximate surface area is 127 Å². The van der Waals surface area contributed by atoms with Crippen LogP contribution in [0.15, 0.2) is 54.6 Å². The molecule has 0 atom stereocenters. The summed E-state index contributed by atoms with van der Waals surface area (Å²) in [5.41, 5.74) is 2.52. The number of ether oxygens (including phenoxy) is 1. The Morgan fingerprint density at radius 3 is 2.62 bits per heavy atom. The first-order valence-electron chi connectivity index (χ1n) is 7.39. The maximum Gasteiger partial charge on any atom is 0.119 e. The molecule has 0 aliphatic rings. The van der Waals surface area contributed by atoms with Crippen LogP contribution in [-0.4, -0.2) is 27.2 Å². The van der Waals surface area contributed by atoms with Gasteiger partial charge in [-0.05, 0) is 42.8 Å². The predicted molar refractivity (Wildman–Crippen MR) is 89.0 cm³/mol. The Balaban J connectivity index is 1.66. The van der Waals surface area contributed by atoms with E-state index in [2.05, 4.69) is 53.7 Å². The van der Waals surface area contributed by atoms with Crippen molar-refractivity contribution in [3.8, 4) is 5.75 Å². The molecular formula is C18H24N2O. The van der Waals surface area contributed by atoms with Crippen LogP contribution in [-0.2, 0) is 6.54 Å². The molecule has 2 aromatic rings. The number of rotatable bonds is 8. The first-order chi connectivity index (χ1) is 10.3. The Morgan fingerprint density at radius 1 is 1.05 bits per heavy atom. The van der Waals surface area contributed by atoms with Crippen molar-refractivity contribution in [3.63, 3.8) is 0 Å². The predicted octanol–water partition coefficient (Wildman–Crippen LogP) is 3.31. The Morgan fingerprint density at radius 2 is 1.86 bits per heavy atom. The molecule has 0 spiro atoms. The van der Waals surface area contributed by atoms with Gasteiger partial charge in [0.1, 0.15) is 5.75 Å². The van der Waals surface area contributed by atoms with Crippen LogP contribution in [0.4, 0.5) is 5.69 Å². The van der Waals surface area contributed by atoms with Gasteiger partial charge in [0.05, 0.1) is 7.11 Å². The second-order valence-electron chi connectivity index (χ2n) is 5.14. The van der Waals surface area contributed by atoms with Crippen molar-refractivity contribution in [1.29, 1.82) is 0 Å². The molecule has 0 fully saturated rings. The molecule has 0 heterocycles. The monoisotopic (exact) mass is 284 g/mol. The maximum atomic E-state index is 5.23. The van der Waals surface area contributed by atoms with Crippen molar-refractivity contribution in [2.75, 3.05) is 32.1 Å². The molecule has 0 aromatic heterocycles. The van der Waals surface area contributed by atoms with E-state index in [1.54, 1.807) is 7.11 Å². The lowest BCUT2D eigenvalue weighted by molar-refractivity contribution is 0.414. The smallest absolute Gasteiger partial charge is 0.119 e. The highest BCUT2D eigenvalue weighted by Gasteiger charge is 1.99. The third-order valence-corrected chi connectivity index (χ3v) is 3.51. The lowest BCUT2D eigenvalue weighted by atomic mass is 10.2. The molecule has 112 valence electrons. The van der Waals surface area contributed by atoms with Crippen molar-refractivity contribution in [1.82, 2.24) is 5.32 Å². The van der Waals surface area contributed by atoms with Gasteiger partial charge < -0.3 is 15.0 Å². The van der Waals surface area contributed by atoms with Crippen molar-refractivity contribution in [2.45, 2.75) is 13.0 Å². The van der Waals surface area contributed by atoms with Gasteiger partial charge in [-0.1, -0.05) is 30.3 Å². The van der Waals surface area contributed by atoms with Gasteiger partial charge in [0.15, 0.2) is 0 Å². The summed E-state index contributed by atoms with van der Waals surface area (Å²) in [6.07, 6.45) is 1.12. The number of para-hydroxylation sites is 1. The van der Waals surface area contributed by atoms with Gasteiger partial charge in [-0.15, -0.1) is 0 Å². The summed E-state index contributed by atoms with van der Waals surface area (Å²) in [5.74, 6) is 0.915. The zero-order valence-corrected chi connectivity index (χ0v) is 12.9. The van der Waals surface area contributed by atoms with E-state index in [-0.39, 0.29) is 0 Å². The van der Waals surface area contributed by atoms with Crippen molar-refractivity contribution < 1.29 is 4.74 Å². The van der Waals surface area contributed by atoms with E-state index in [4.69, 9.17) is 4.74 Å². The summed E-state index contributed by atoms with van der Waals surface area (Å²) < 4.78 is 5.23. The lowest BCUT2D eigenvalue weighted by Gasteiger charge is -2.19. The van der Waals surface area contributed by atoms with Gasteiger partial charge in [0.25, 0.3) is 0 Å². The summed E-state index contributed by atoms with van der Waals surface area (Å²) >= 11 is 0. The van der Waals surface area contributed by atoms with E-state index in [0.29, 0.717) is 0 Å². The molecule has 0 unspecified atom stereocenters. The largest absolute Gasteiger partial charge is 0.497 e. The molecule has 2 aromatic carbocycles. The van der Waals surface area contributed by atoms with Gasteiger partial charge in [-0.3, -0.25) is 0 Å². The minimum absolute atomic E-state index is 0.881. The SMILES string of the molecule is COc1cccc(CNCCCN(C)c2ccccc2)c1.